The molecule has 2 aromatic carbocycles. The maximum atomic E-state index is 13.1. The Morgan fingerprint density at radius 2 is 1.71 bits per heavy atom. The van der Waals surface area contributed by atoms with Gasteiger partial charge in [0, 0.05) is 28.3 Å². The Balaban J connectivity index is 1.91. The van der Waals surface area contributed by atoms with Gasteiger partial charge in [0.25, 0.3) is 0 Å². The fourth-order valence-corrected chi connectivity index (χ4v) is 4.55. The van der Waals surface area contributed by atoms with Crippen LogP contribution in [0.1, 0.15) is 49.8 Å². The van der Waals surface area contributed by atoms with Gasteiger partial charge in [0.15, 0.2) is 0 Å². The topological polar surface area (TPSA) is 77.8 Å². The Hall–Kier alpha value is -1.92. The predicted octanol–water partition coefficient (Wildman–Crippen LogP) is 4.59. The van der Waals surface area contributed by atoms with E-state index in [-0.39, 0.29) is 37.2 Å². The number of rotatable bonds is 8. The van der Waals surface area contributed by atoms with E-state index in [1.54, 1.807) is 42.5 Å². The molecule has 1 saturated heterocycles. The van der Waals surface area contributed by atoms with Gasteiger partial charge in [-0.15, -0.1) is 0 Å². The van der Waals surface area contributed by atoms with E-state index in [0.717, 1.165) is 5.56 Å². The molecule has 0 aromatic heterocycles. The van der Waals surface area contributed by atoms with Crippen LogP contribution in [-0.4, -0.2) is 39.6 Å². The standard InChI is InChI=1S/C24H27Cl2NO4/c1-14(2)21(13-28)27-22(29)12-17(24(27)31)11-20(16-4-3-5-19(26)10-16)23(30)15-6-8-18(25)9-7-15/h3-10,14,17,20-21,23,28,30H,11-13H2,1-2H3/t17?,20?,21-,23+/m1/s1. The van der Waals surface area contributed by atoms with Crippen LogP contribution in [0.2, 0.25) is 10.0 Å². The number of imide groups is 1. The summed E-state index contributed by atoms with van der Waals surface area (Å²) in [6, 6.07) is 13.5. The van der Waals surface area contributed by atoms with Gasteiger partial charge in [-0.25, -0.2) is 0 Å². The van der Waals surface area contributed by atoms with Crippen molar-refractivity contribution in [1.29, 1.82) is 0 Å². The van der Waals surface area contributed by atoms with Crippen LogP contribution < -0.4 is 0 Å². The second kappa shape index (κ2) is 10.1. The number of aliphatic hydroxyl groups excluding tert-OH is 2. The molecule has 0 radical (unpaired) electrons. The minimum atomic E-state index is -0.911. The number of benzene rings is 2. The lowest BCUT2D eigenvalue weighted by Crippen LogP contribution is -2.45. The lowest BCUT2D eigenvalue weighted by Gasteiger charge is -2.29. The number of carbonyl (C=O) groups is 2. The van der Waals surface area contributed by atoms with Crippen molar-refractivity contribution < 1.29 is 19.8 Å². The van der Waals surface area contributed by atoms with E-state index >= 15 is 0 Å². The van der Waals surface area contributed by atoms with Crippen LogP contribution in [0.15, 0.2) is 48.5 Å². The molecule has 5 nitrogen and oxygen atoms in total. The normalized spacial score (nSPS) is 19.7. The Morgan fingerprint density at radius 1 is 1.03 bits per heavy atom. The van der Waals surface area contributed by atoms with E-state index in [9.17, 15) is 19.8 Å². The smallest absolute Gasteiger partial charge is 0.233 e. The summed E-state index contributed by atoms with van der Waals surface area (Å²) in [5.74, 6) is -1.67. The highest BCUT2D eigenvalue weighted by molar-refractivity contribution is 6.30. The van der Waals surface area contributed by atoms with Crippen LogP contribution in [0.25, 0.3) is 0 Å². The third-order valence-electron chi connectivity index (χ3n) is 5.97. The molecule has 1 aliphatic heterocycles. The zero-order valence-electron chi connectivity index (χ0n) is 17.5. The molecule has 0 saturated carbocycles. The second-order valence-corrected chi connectivity index (χ2v) is 9.26. The molecule has 0 bridgehead atoms. The van der Waals surface area contributed by atoms with E-state index in [0.29, 0.717) is 15.6 Å². The average Bonchev–Trinajstić information content (AvgIpc) is 3.00. The number of carbonyl (C=O) groups excluding carboxylic acids is 2. The van der Waals surface area contributed by atoms with Gasteiger partial charge in [-0.3, -0.25) is 14.5 Å². The highest BCUT2D eigenvalue weighted by Gasteiger charge is 2.44. The summed E-state index contributed by atoms with van der Waals surface area (Å²) in [5.41, 5.74) is 1.45. The van der Waals surface area contributed by atoms with E-state index in [2.05, 4.69) is 0 Å². The van der Waals surface area contributed by atoms with Crippen LogP contribution in [-0.2, 0) is 9.59 Å². The summed E-state index contributed by atoms with van der Waals surface area (Å²) < 4.78 is 0. The molecule has 1 fully saturated rings. The molecular formula is C24H27Cl2NO4. The first-order valence-electron chi connectivity index (χ1n) is 10.4. The molecule has 4 atom stereocenters. The van der Waals surface area contributed by atoms with Crippen LogP contribution in [0.3, 0.4) is 0 Å². The monoisotopic (exact) mass is 463 g/mol. The Morgan fingerprint density at radius 3 is 2.29 bits per heavy atom. The van der Waals surface area contributed by atoms with Gasteiger partial charge >= 0.3 is 0 Å². The zero-order valence-corrected chi connectivity index (χ0v) is 19.1. The zero-order chi connectivity index (χ0) is 22.7. The Kier molecular flexibility index (Phi) is 7.76. The van der Waals surface area contributed by atoms with Crippen LogP contribution in [0, 0.1) is 11.8 Å². The number of amides is 2. The van der Waals surface area contributed by atoms with Crippen molar-refractivity contribution in [3.05, 3.63) is 69.7 Å². The average molecular weight is 464 g/mol. The third-order valence-corrected chi connectivity index (χ3v) is 6.46. The minimum absolute atomic E-state index is 0.0555. The molecule has 7 heteroatoms. The molecule has 1 aliphatic rings. The number of aliphatic hydroxyl groups is 2. The molecule has 2 aromatic rings. The largest absolute Gasteiger partial charge is 0.394 e. The molecule has 31 heavy (non-hydrogen) atoms. The van der Waals surface area contributed by atoms with E-state index in [1.165, 1.54) is 4.90 Å². The van der Waals surface area contributed by atoms with E-state index < -0.39 is 24.0 Å². The Bertz CT molecular complexity index is 931. The first kappa shape index (κ1) is 23.7. The Labute approximate surface area is 192 Å². The first-order valence-corrected chi connectivity index (χ1v) is 11.1. The molecule has 2 unspecified atom stereocenters. The SMILES string of the molecule is CC(C)[C@@H](CO)N1C(=O)CC(CC(c2cccc(Cl)c2)[C@@H](O)c2ccc(Cl)cc2)C1=O. The number of likely N-dealkylation sites (tertiary alicyclic amines) is 1. The summed E-state index contributed by atoms with van der Waals surface area (Å²) in [5, 5.41) is 22.0. The van der Waals surface area contributed by atoms with Crippen molar-refractivity contribution in [1.82, 2.24) is 4.90 Å². The fourth-order valence-electron chi connectivity index (χ4n) is 4.22. The maximum absolute atomic E-state index is 13.1. The van der Waals surface area contributed by atoms with Gasteiger partial charge in [-0.05, 0) is 47.7 Å². The van der Waals surface area contributed by atoms with E-state index in [1.807, 2.05) is 19.9 Å². The summed E-state index contributed by atoms with van der Waals surface area (Å²) in [4.78, 5) is 27.0. The van der Waals surface area contributed by atoms with Gasteiger partial charge in [-0.1, -0.05) is 61.3 Å². The van der Waals surface area contributed by atoms with Crippen molar-refractivity contribution in [2.75, 3.05) is 6.61 Å². The second-order valence-electron chi connectivity index (χ2n) is 8.39. The highest BCUT2D eigenvalue weighted by atomic mass is 35.5. The van der Waals surface area contributed by atoms with Crippen LogP contribution in [0.4, 0.5) is 0 Å². The van der Waals surface area contributed by atoms with Gasteiger partial charge in [0.2, 0.25) is 11.8 Å². The van der Waals surface area contributed by atoms with Gasteiger partial charge in [-0.2, -0.15) is 0 Å². The van der Waals surface area contributed by atoms with Crippen molar-refractivity contribution in [3.63, 3.8) is 0 Å². The predicted molar refractivity (Wildman–Crippen MR) is 121 cm³/mol. The molecule has 166 valence electrons. The number of hydrogen-bond donors (Lipinski definition) is 2. The van der Waals surface area contributed by atoms with E-state index in [4.69, 9.17) is 23.2 Å². The molecule has 3 rings (SSSR count). The fraction of sp³-hybridized carbons (Fsp3) is 0.417. The van der Waals surface area contributed by atoms with Gasteiger partial charge < -0.3 is 10.2 Å². The third kappa shape index (κ3) is 5.29. The van der Waals surface area contributed by atoms with Crippen molar-refractivity contribution in [2.45, 2.75) is 44.8 Å². The van der Waals surface area contributed by atoms with Gasteiger partial charge in [0.05, 0.1) is 18.8 Å². The summed E-state index contributed by atoms with van der Waals surface area (Å²) in [7, 11) is 0. The van der Waals surface area contributed by atoms with Crippen LogP contribution in [0.5, 0.6) is 0 Å². The van der Waals surface area contributed by atoms with Gasteiger partial charge in [0.1, 0.15) is 0 Å². The first-order chi connectivity index (χ1) is 14.7. The van der Waals surface area contributed by atoms with Crippen molar-refractivity contribution in [2.24, 2.45) is 11.8 Å². The molecule has 2 N–H and O–H groups in total. The summed E-state index contributed by atoms with van der Waals surface area (Å²) in [6.45, 7) is 3.47. The molecular weight excluding hydrogens is 437 g/mol. The lowest BCUT2D eigenvalue weighted by molar-refractivity contribution is -0.144. The molecule has 0 aliphatic carbocycles. The number of halogens is 2. The molecule has 0 spiro atoms. The molecule has 1 heterocycles. The van der Waals surface area contributed by atoms with Crippen LogP contribution >= 0.6 is 23.2 Å². The molecule has 2 amide bonds. The maximum Gasteiger partial charge on any atom is 0.233 e. The quantitative estimate of drug-likeness (QED) is 0.561. The lowest BCUT2D eigenvalue weighted by atomic mass is 9.81. The van der Waals surface area contributed by atoms with Crippen molar-refractivity contribution >= 4 is 35.0 Å². The number of hydrogen-bond acceptors (Lipinski definition) is 4. The summed E-state index contributed by atoms with van der Waals surface area (Å²) >= 11 is 12.2. The minimum Gasteiger partial charge on any atom is -0.394 e. The summed E-state index contributed by atoms with van der Waals surface area (Å²) in [6.07, 6.45) is -0.570. The number of nitrogens with zero attached hydrogens (tertiary/aromatic N) is 1. The highest BCUT2D eigenvalue weighted by Crippen LogP contribution is 2.40. The van der Waals surface area contributed by atoms with Crippen molar-refractivity contribution in [3.8, 4) is 0 Å².